The molecule has 20 heavy (non-hydrogen) atoms. The van der Waals surface area contributed by atoms with Crippen LogP contribution in [0.2, 0.25) is 0 Å². The van der Waals surface area contributed by atoms with Crippen molar-refractivity contribution in [1.29, 1.82) is 0 Å². The minimum absolute atomic E-state index is 0.0864. The van der Waals surface area contributed by atoms with E-state index in [-0.39, 0.29) is 17.7 Å². The van der Waals surface area contributed by atoms with E-state index in [0.29, 0.717) is 12.2 Å². The number of hydrogen-bond acceptors (Lipinski definition) is 5. The second-order valence-electron chi connectivity index (χ2n) is 5.32. The second-order valence-corrected chi connectivity index (χ2v) is 8.41. The fraction of sp³-hybridized carbons (Fsp3) is 0.750. The first-order chi connectivity index (χ1) is 9.46. The molecule has 2 atom stereocenters. The topological polar surface area (TPSA) is 90.0 Å². The number of rotatable bonds is 6. The van der Waals surface area contributed by atoms with Crippen molar-refractivity contribution in [2.45, 2.75) is 38.8 Å². The van der Waals surface area contributed by atoms with Crippen molar-refractivity contribution in [3.8, 4) is 0 Å². The Morgan fingerprint density at radius 1 is 1.65 bits per heavy atom. The van der Waals surface area contributed by atoms with Gasteiger partial charge >= 0.3 is 0 Å². The normalized spacial score (nSPS) is 23.1. The van der Waals surface area contributed by atoms with Gasteiger partial charge in [-0.15, -0.1) is 0 Å². The lowest BCUT2D eigenvalue weighted by Crippen LogP contribution is -2.32. The molecule has 8 heteroatoms. The van der Waals surface area contributed by atoms with Crippen molar-refractivity contribution < 1.29 is 8.42 Å². The van der Waals surface area contributed by atoms with E-state index in [2.05, 4.69) is 33.4 Å². The van der Waals surface area contributed by atoms with Crippen LogP contribution in [0, 0.1) is 5.92 Å². The van der Waals surface area contributed by atoms with Crippen LogP contribution in [0.3, 0.4) is 0 Å². The van der Waals surface area contributed by atoms with Gasteiger partial charge in [0.1, 0.15) is 0 Å². The van der Waals surface area contributed by atoms with Gasteiger partial charge in [0.15, 0.2) is 9.84 Å². The summed E-state index contributed by atoms with van der Waals surface area (Å²) in [5.74, 6) is 6.41. The molecule has 1 aromatic heterocycles. The van der Waals surface area contributed by atoms with Crippen molar-refractivity contribution in [2.75, 3.05) is 11.5 Å². The van der Waals surface area contributed by atoms with Gasteiger partial charge in [-0.05, 0) is 41.1 Å². The van der Waals surface area contributed by atoms with Crippen LogP contribution in [0.5, 0.6) is 0 Å². The van der Waals surface area contributed by atoms with E-state index in [9.17, 15) is 8.42 Å². The highest BCUT2D eigenvalue weighted by molar-refractivity contribution is 9.10. The lowest BCUT2D eigenvalue weighted by atomic mass is 9.97. The van der Waals surface area contributed by atoms with Crippen LogP contribution < -0.4 is 11.3 Å². The Morgan fingerprint density at radius 3 is 2.95 bits per heavy atom. The number of sulfone groups is 1. The zero-order valence-corrected chi connectivity index (χ0v) is 14.0. The number of nitrogens with zero attached hydrogens (tertiary/aromatic N) is 2. The third kappa shape index (κ3) is 3.60. The van der Waals surface area contributed by atoms with Gasteiger partial charge in [-0.25, -0.2) is 8.42 Å². The fourth-order valence-corrected chi connectivity index (χ4v) is 5.21. The summed E-state index contributed by atoms with van der Waals surface area (Å²) in [6.45, 7) is 2.91. The molecule has 0 aliphatic carbocycles. The summed E-state index contributed by atoms with van der Waals surface area (Å²) in [5.41, 5.74) is 3.81. The van der Waals surface area contributed by atoms with Crippen LogP contribution in [-0.4, -0.2) is 29.7 Å². The summed E-state index contributed by atoms with van der Waals surface area (Å²) in [5, 5.41) is 4.33. The molecule has 0 saturated carbocycles. The maximum Gasteiger partial charge on any atom is 0.150 e. The van der Waals surface area contributed by atoms with Gasteiger partial charge in [-0.2, -0.15) is 5.10 Å². The minimum atomic E-state index is -2.85. The molecule has 3 N–H and O–H groups in total. The first-order valence-electron chi connectivity index (χ1n) is 6.84. The highest BCUT2D eigenvalue weighted by Gasteiger charge is 2.31. The van der Waals surface area contributed by atoms with Gasteiger partial charge < -0.3 is 0 Å². The van der Waals surface area contributed by atoms with E-state index < -0.39 is 9.84 Å². The number of nitrogens with one attached hydrogen (secondary N) is 1. The lowest BCUT2D eigenvalue weighted by Gasteiger charge is -2.21. The van der Waals surface area contributed by atoms with Crippen molar-refractivity contribution in [2.24, 2.45) is 11.8 Å². The highest BCUT2D eigenvalue weighted by atomic mass is 79.9. The first-order valence-corrected chi connectivity index (χ1v) is 9.46. The molecular formula is C12H21BrN4O2S. The number of hydrogen-bond donors (Lipinski definition) is 2. The summed E-state index contributed by atoms with van der Waals surface area (Å²) in [6.07, 6.45) is 4.18. The molecular weight excluding hydrogens is 344 g/mol. The second kappa shape index (κ2) is 6.55. The Kier molecular flexibility index (Phi) is 5.22. The van der Waals surface area contributed by atoms with Crippen LogP contribution in [0.15, 0.2) is 10.7 Å². The highest BCUT2D eigenvalue weighted by Crippen LogP contribution is 2.32. The van der Waals surface area contributed by atoms with Gasteiger partial charge in [0, 0.05) is 6.54 Å². The maximum atomic E-state index is 11.6. The number of aryl methyl sites for hydroxylation is 1. The summed E-state index contributed by atoms with van der Waals surface area (Å²) < 4.78 is 26.0. The van der Waals surface area contributed by atoms with Crippen molar-refractivity contribution in [1.82, 2.24) is 15.2 Å². The minimum Gasteiger partial charge on any atom is -0.271 e. The van der Waals surface area contributed by atoms with Crippen LogP contribution in [0.4, 0.5) is 0 Å². The molecule has 2 unspecified atom stereocenters. The molecule has 1 fully saturated rings. The molecule has 0 spiro atoms. The first kappa shape index (κ1) is 15.9. The largest absolute Gasteiger partial charge is 0.271 e. The van der Waals surface area contributed by atoms with Crippen molar-refractivity contribution in [3.05, 3.63) is 16.4 Å². The Bertz CT molecular complexity index is 558. The Balaban J connectivity index is 2.14. The number of halogens is 1. The van der Waals surface area contributed by atoms with E-state index in [0.717, 1.165) is 29.6 Å². The van der Waals surface area contributed by atoms with E-state index in [1.165, 1.54) is 0 Å². The maximum absolute atomic E-state index is 11.6. The van der Waals surface area contributed by atoms with Gasteiger partial charge in [-0.1, -0.05) is 6.92 Å². The summed E-state index contributed by atoms with van der Waals surface area (Å²) in [7, 11) is -2.85. The predicted molar refractivity (Wildman–Crippen MR) is 81.7 cm³/mol. The lowest BCUT2D eigenvalue weighted by molar-refractivity contribution is 0.393. The molecule has 2 rings (SSSR count). The Labute approximate surface area is 128 Å². The van der Waals surface area contributed by atoms with Gasteiger partial charge in [0.25, 0.3) is 0 Å². The van der Waals surface area contributed by atoms with Crippen LogP contribution >= 0.6 is 15.9 Å². The molecule has 0 bridgehead atoms. The molecule has 2 heterocycles. The molecule has 1 aliphatic heterocycles. The molecule has 6 nitrogen and oxygen atoms in total. The molecule has 1 aliphatic rings. The predicted octanol–water partition coefficient (Wildman–Crippen LogP) is 1.38. The SMILES string of the molecule is CCCn1ncc(Br)c1C(CC1CCS(=O)(=O)C1)NN. The third-order valence-corrected chi connectivity index (χ3v) is 6.14. The van der Waals surface area contributed by atoms with Gasteiger partial charge in [-0.3, -0.25) is 16.0 Å². The van der Waals surface area contributed by atoms with E-state index >= 15 is 0 Å². The van der Waals surface area contributed by atoms with Crippen LogP contribution in [0.1, 0.15) is 37.9 Å². The zero-order valence-electron chi connectivity index (χ0n) is 11.5. The molecule has 1 aromatic rings. The smallest absolute Gasteiger partial charge is 0.150 e. The zero-order chi connectivity index (χ0) is 14.8. The third-order valence-electron chi connectivity index (χ3n) is 3.70. The van der Waals surface area contributed by atoms with Crippen LogP contribution in [0.25, 0.3) is 0 Å². The molecule has 0 aromatic carbocycles. The summed E-state index contributed by atoms with van der Waals surface area (Å²) in [4.78, 5) is 0. The standard InChI is InChI=1S/C12H21BrN4O2S/c1-2-4-17-12(10(13)7-15-17)11(16-14)6-9-3-5-20(18,19)8-9/h7,9,11,16H,2-6,8,14H2,1H3. The van der Waals surface area contributed by atoms with Crippen molar-refractivity contribution >= 4 is 25.8 Å². The van der Waals surface area contributed by atoms with Crippen LogP contribution in [-0.2, 0) is 16.4 Å². The number of hydrazine groups is 1. The monoisotopic (exact) mass is 364 g/mol. The molecule has 0 radical (unpaired) electrons. The van der Waals surface area contributed by atoms with E-state index in [1.807, 2.05) is 4.68 Å². The molecule has 0 amide bonds. The number of nitrogens with two attached hydrogens (primary N) is 1. The van der Waals surface area contributed by atoms with Crippen molar-refractivity contribution in [3.63, 3.8) is 0 Å². The van der Waals surface area contributed by atoms with E-state index in [1.54, 1.807) is 6.20 Å². The molecule has 1 saturated heterocycles. The Morgan fingerprint density at radius 2 is 2.40 bits per heavy atom. The average molecular weight is 365 g/mol. The summed E-state index contributed by atoms with van der Waals surface area (Å²) in [6, 6.07) is -0.0864. The van der Waals surface area contributed by atoms with Gasteiger partial charge in [0.05, 0.1) is 33.9 Å². The Hall–Kier alpha value is -0.440. The van der Waals surface area contributed by atoms with E-state index in [4.69, 9.17) is 5.84 Å². The average Bonchev–Trinajstić information content (AvgIpc) is 2.91. The molecule has 114 valence electrons. The summed E-state index contributed by atoms with van der Waals surface area (Å²) >= 11 is 3.50. The fourth-order valence-electron chi connectivity index (χ4n) is 2.76. The quantitative estimate of drug-likeness (QED) is 0.587. The van der Waals surface area contributed by atoms with Gasteiger partial charge in [0.2, 0.25) is 0 Å². The number of aromatic nitrogens is 2.